The number of para-hydroxylation sites is 1. The number of amides is 3. The fourth-order valence-corrected chi connectivity index (χ4v) is 2.59. The Bertz CT molecular complexity index is 794. The molecule has 0 heterocycles. The van der Waals surface area contributed by atoms with Gasteiger partial charge in [0.25, 0.3) is 0 Å². The summed E-state index contributed by atoms with van der Waals surface area (Å²) < 4.78 is 13.0. The maximum Gasteiger partial charge on any atom is 0.243 e. The summed E-state index contributed by atoms with van der Waals surface area (Å²) in [7, 11) is 0. The van der Waals surface area contributed by atoms with Crippen LogP contribution in [0.15, 0.2) is 54.6 Å². The Morgan fingerprint density at radius 2 is 1.64 bits per heavy atom. The Balaban J connectivity index is 1.82. The molecule has 0 bridgehead atoms. The van der Waals surface area contributed by atoms with Crippen molar-refractivity contribution < 1.29 is 18.8 Å². The lowest BCUT2D eigenvalue weighted by Crippen LogP contribution is -2.43. The highest BCUT2D eigenvalue weighted by Gasteiger charge is 2.17. The second kappa shape index (κ2) is 10.8. The molecule has 0 aliphatic heterocycles. The van der Waals surface area contributed by atoms with Crippen LogP contribution in [-0.2, 0) is 20.8 Å². The molecule has 148 valence electrons. The molecule has 2 rings (SSSR count). The maximum absolute atomic E-state index is 13.0. The van der Waals surface area contributed by atoms with E-state index in [0.29, 0.717) is 24.2 Å². The predicted octanol–water partition coefficient (Wildman–Crippen LogP) is 2.36. The van der Waals surface area contributed by atoms with Gasteiger partial charge in [-0.2, -0.15) is 0 Å². The van der Waals surface area contributed by atoms with Crippen molar-refractivity contribution in [2.45, 2.75) is 19.8 Å². The van der Waals surface area contributed by atoms with Crippen molar-refractivity contribution in [1.82, 2.24) is 10.2 Å². The summed E-state index contributed by atoms with van der Waals surface area (Å²) in [5.74, 6) is -1.35. The Morgan fingerprint density at radius 1 is 0.964 bits per heavy atom. The second-order valence-electron chi connectivity index (χ2n) is 6.31. The van der Waals surface area contributed by atoms with Crippen molar-refractivity contribution in [1.29, 1.82) is 0 Å². The smallest absolute Gasteiger partial charge is 0.243 e. The fraction of sp³-hybridized carbons (Fsp3) is 0.286. The van der Waals surface area contributed by atoms with Crippen LogP contribution in [0, 0.1) is 5.82 Å². The number of hydrogen-bond acceptors (Lipinski definition) is 3. The van der Waals surface area contributed by atoms with Crippen molar-refractivity contribution in [2.24, 2.45) is 0 Å². The molecule has 6 nitrogen and oxygen atoms in total. The number of benzene rings is 2. The zero-order chi connectivity index (χ0) is 20.4. The second-order valence-corrected chi connectivity index (χ2v) is 6.31. The van der Waals surface area contributed by atoms with Crippen LogP contribution < -0.4 is 10.6 Å². The van der Waals surface area contributed by atoms with Crippen LogP contribution in [-0.4, -0.2) is 42.3 Å². The lowest BCUT2D eigenvalue weighted by Gasteiger charge is -2.21. The third-order valence-corrected chi connectivity index (χ3v) is 3.95. The van der Waals surface area contributed by atoms with E-state index < -0.39 is 5.91 Å². The first-order chi connectivity index (χ1) is 13.5. The van der Waals surface area contributed by atoms with E-state index in [1.54, 1.807) is 36.4 Å². The van der Waals surface area contributed by atoms with Gasteiger partial charge in [0.05, 0.1) is 19.5 Å². The molecule has 0 spiro atoms. The summed E-state index contributed by atoms with van der Waals surface area (Å²) in [6.45, 7) is 2.01. The monoisotopic (exact) mass is 385 g/mol. The minimum atomic E-state index is -0.413. The molecule has 3 amide bonds. The minimum Gasteiger partial charge on any atom is -0.345 e. The normalized spacial score (nSPS) is 10.2. The molecule has 0 aliphatic rings. The fourth-order valence-electron chi connectivity index (χ4n) is 2.59. The van der Waals surface area contributed by atoms with Gasteiger partial charge in [0.2, 0.25) is 17.7 Å². The van der Waals surface area contributed by atoms with Crippen LogP contribution in [0.2, 0.25) is 0 Å². The van der Waals surface area contributed by atoms with E-state index in [-0.39, 0.29) is 37.1 Å². The third-order valence-electron chi connectivity index (χ3n) is 3.95. The number of hydrogen-bond donors (Lipinski definition) is 2. The van der Waals surface area contributed by atoms with Crippen LogP contribution in [0.4, 0.5) is 10.1 Å². The summed E-state index contributed by atoms with van der Waals surface area (Å²) >= 11 is 0. The first-order valence-electron chi connectivity index (χ1n) is 9.11. The van der Waals surface area contributed by atoms with Crippen molar-refractivity contribution in [3.05, 3.63) is 66.0 Å². The van der Waals surface area contributed by atoms with Gasteiger partial charge < -0.3 is 15.5 Å². The lowest BCUT2D eigenvalue weighted by molar-refractivity contribution is -0.135. The molecule has 2 aromatic carbocycles. The van der Waals surface area contributed by atoms with Gasteiger partial charge in [-0.25, -0.2) is 4.39 Å². The van der Waals surface area contributed by atoms with E-state index in [2.05, 4.69) is 10.6 Å². The molecule has 2 aromatic rings. The number of nitrogens with one attached hydrogen (secondary N) is 2. The number of anilines is 1. The number of halogens is 1. The summed E-state index contributed by atoms with van der Waals surface area (Å²) in [6, 6.07) is 14.6. The highest BCUT2D eigenvalue weighted by Crippen LogP contribution is 2.07. The summed E-state index contributed by atoms with van der Waals surface area (Å²) in [5, 5.41) is 5.19. The molecule has 0 saturated carbocycles. The summed E-state index contributed by atoms with van der Waals surface area (Å²) in [5.41, 5.74) is 1.32. The van der Waals surface area contributed by atoms with Gasteiger partial charge in [0.1, 0.15) is 5.82 Å². The topological polar surface area (TPSA) is 78.5 Å². The lowest BCUT2D eigenvalue weighted by atomic mass is 10.1. The Hall–Kier alpha value is -3.22. The standard InChI is InChI=1S/C21H24FN3O3/c1-2-12-25(21(28)13-16-8-10-17(22)11-9-16)15-20(27)23-14-19(26)24-18-6-4-3-5-7-18/h3-11H,2,12-15H2,1H3,(H,23,27)(H,24,26). The molecule has 7 heteroatoms. The molecule has 2 N–H and O–H groups in total. The van der Waals surface area contributed by atoms with E-state index in [1.165, 1.54) is 17.0 Å². The van der Waals surface area contributed by atoms with Crippen molar-refractivity contribution in [3.8, 4) is 0 Å². The number of carbonyl (C=O) groups is 3. The summed E-state index contributed by atoms with van der Waals surface area (Å²) in [6.07, 6.45) is 0.777. The van der Waals surface area contributed by atoms with Crippen LogP contribution in [0.1, 0.15) is 18.9 Å². The quantitative estimate of drug-likeness (QED) is 0.696. The van der Waals surface area contributed by atoms with E-state index in [0.717, 1.165) is 0 Å². The predicted molar refractivity (Wildman–Crippen MR) is 105 cm³/mol. The van der Waals surface area contributed by atoms with Crippen LogP contribution >= 0.6 is 0 Å². The molecule has 0 unspecified atom stereocenters. The number of carbonyl (C=O) groups excluding carboxylic acids is 3. The number of nitrogens with zero attached hydrogens (tertiary/aromatic N) is 1. The molecule has 0 aromatic heterocycles. The zero-order valence-corrected chi connectivity index (χ0v) is 15.8. The Kier molecular flexibility index (Phi) is 8.14. The Labute approximate surface area is 163 Å². The van der Waals surface area contributed by atoms with Crippen molar-refractivity contribution >= 4 is 23.4 Å². The van der Waals surface area contributed by atoms with Crippen molar-refractivity contribution in [2.75, 3.05) is 25.0 Å². The van der Waals surface area contributed by atoms with Gasteiger partial charge in [-0.3, -0.25) is 14.4 Å². The highest BCUT2D eigenvalue weighted by molar-refractivity contribution is 5.95. The van der Waals surface area contributed by atoms with Gasteiger partial charge in [0, 0.05) is 12.2 Å². The van der Waals surface area contributed by atoms with E-state index in [4.69, 9.17) is 0 Å². The van der Waals surface area contributed by atoms with Crippen LogP contribution in [0.25, 0.3) is 0 Å². The molecule has 28 heavy (non-hydrogen) atoms. The molecule has 0 aliphatic carbocycles. The third kappa shape index (κ3) is 7.19. The molecule has 0 saturated heterocycles. The first kappa shape index (κ1) is 21.1. The highest BCUT2D eigenvalue weighted by atomic mass is 19.1. The molecular weight excluding hydrogens is 361 g/mol. The molecule has 0 fully saturated rings. The summed E-state index contributed by atoms with van der Waals surface area (Å²) in [4.78, 5) is 38.0. The van der Waals surface area contributed by atoms with Crippen molar-refractivity contribution in [3.63, 3.8) is 0 Å². The van der Waals surface area contributed by atoms with Crippen LogP contribution in [0.5, 0.6) is 0 Å². The minimum absolute atomic E-state index is 0.0854. The SMILES string of the molecule is CCCN(CC(=O)NCC(=O)Nc1ccccc1)C(=O)Cc1ccc(F)cc1. The average molecular weight is 385 g/mol. The molecule has 0 atom stereocenters. The van der Waals surface area contributed by atoms with E-state index >= 15 is 0 Å². The van der Waals surface area contributed by atoms with E-state index in [1.807, 2.05) is 13.0 Å². The zero-order valence-electron chi connectivity index (χ0n) is 15.8. The number of rotatable bonds is 9. The van der Waals surface area contributed by atoms with Gasteiger partial charge in [-0.05, 0) is 36.2 Å². The van der Waals surface area contributed by atoms with Gasteiger partial charge in [-0.1, -0.05) is 37.3 Å². The van der Waals surface area contributed by atoms with Crippen LogP contribution in [0.3, 0.4) is 0 Å². The molecule has 0 radical (unpaired) electrons. The van der Waals surface area contributed by atoms with Gasteiger partial charge in [0.15, 0.2) is 0 Å². The first-order valence-corrected chi connectivity index (χ1v) is 9.11. The largest absolute Gasteiger partial charge is 0.345 e. The Morgan fingerprint density at radius 3 is 2.29 bits per heavy atom. The average Bonchev–Trinajstić information content (AvgIpc) is 2.68. The molecular formula is C21H24FN3O3. The van der Waals surface area contributed by atoms with Gasteiger partial charge in [-0.15, -0.1) is 0 Å². The van der Waals surface area contributed by atoms with Gasteiger partial charge >= 0.3 is 0 Å². The maximum atomic E-state index is 13.0. The van der Waals surface area contributed by atoms with E-state index in [9.17, 15) is 18.8 Å².